The van der Waals surface area contributed by atoms with Gasteiger partial charge in [0, 0.05) is 37.2 Å². The molecule has 0 aromatic carbocycles. The Kier molecular flexibility index (Phi) is 4.97. The molecule has 7 nitrogen and oxygen atoms in total. The summed E-state index contributed by atoms with van der Waals surface area (Å²) in [5.41, 5.74) is 0.718. The monoisotopic (exact) mass is 355 g/mol. The van der Waals surface area contributed by atoms with Crippen LogP contribution in [0.3, 0.4) is 0 Å². The van der Waals surface area contributed by atoms with Gasteiger partial charge in [-0.3, -0.25) is 9.78 Å². The predicted octanol–water partition coefficient (Wildman–Crippen LogP) is 2.23. The molecule has 7 heteroatoms. The number of nitrogens with zero attached hydrogens (tertiary/aromatic N) is 4. The molecule has 2 saturated heterocycles. The summed E-state index contributed by atoms with van der Waals surface area (Å²) >= 11 is 0. The number of aromatic nitrogens is 3. The third-order valence-corrected chi connectivity index (χ3v) is 5.46. The van der Waals surface area contributed by atoms with Crippen molar-refractivity contribution in [2.24, 2.45) is 5.92 Å². The van der Waals surface area contributed by atoms with Gasteiger partial charge in [-0.2, -0.15) is 4.98 Å². The quantitative estimate of drug-likeness (QED) is 0.909. The van der Waals surface area contributed by atoms with E-state index in [0.29, 0.717) is 23.7 Å². The first-order valence-electron chi connectivity index (χ1n) is 9.48. The molecule has 0 bridgehead atoms. The van der Waals surface area contributed by atoms with E-state index in [2.05, 4.69) is 27.4 Å². The molecule has 2 aromatic heterocycles. The number of carbonyl (C=O) groups excluding carboxylic acids is 1. The molecule has 0 saturated carbocycles. The lowest BCUT2D eigenvalue weighted by Gasteiger charge is -2.35. The molecule has 2 aromatic rings. The number of piperidine rings is 2. The van der Waals surface area contributed by atoms with E-state index in [-0.39, 0.29) is 11.8 Å². The lowest BCUT2D eigenvalue weighted by atomic mass is 9.90. The first-order chi connectivity index (χ1) is 12.7. The van der Waals surface area contributed by atoms with E-state index in [1.54, 1.807) is 6.20 Å². The molecule has 1 amide bonds. The minimum Gasteiger partial charge on any atom is -0.342 e. The maximum Gasteiger partial charge on any atom is 0.230 e. The highest BCUT2D eigenvalue weighted by atomic mass is 16.5. The Labute approximate surface area is 153 Å². The number of nitrogens with one attached hydrogen (secondary N) is 1. The summed E-state index contributed by atoms with van der Waals surface area (Å²) in [6, 6.07) is 6.07. The first-order valence-corrected chi connectivity index (χ1v) is 9.48. The lowest BCUT2D eigenvalue weighted by Crippen LogP contribution is -2.46. The van der Waals surface area contributed by atoms with Gasteiger partial charge in [-0.25, -0.2) is 0 Å². The summed E-state index contributed by atoms with van der Waals surface area (Å²) in [5.74, 6) is 1.89. The summed E-state index contributed by atoms with van der Waals surface area (Å²) in [7, 11) is 0. The Balaban J connectivity index is 1.35. The number of pyridine rings is 1. The zero-order valence-electron chi connectivity index (χ0n) is 15.1. The zero-order chi connectivity index (χ0) is 17.9. The van der Waals surface area contributed by atoms with Crippen molar-refractivity contribution in [3.05, 3.63) is 30.3 Å². The van der Waals surface area contributed by atoms with Gasteiger partial charge >= 0.3 is 0 Å². The van der Waals surface area contributed by atoms with Crippen LogP contribution in [0.25, 0.3) is 11.5 Å². The van der Waals surface area contributed by atoms with E-state index in [4.69, 9.17) is 4.52 Å². The summed E-state index contributed by atoms with van der Waals surface area (Å²) < 4.78 is 5.47. The SMILES string of the molecule is C[C@H]1C[C@@H](C(=O)N2CCC(c3nc(-c4ccccn4)no3)CC2)CCN1. The van der Waals surface area contributed by atoms with Gasteiger partial charge in [0.05, 0.1) is 0 Å². The van der Waals surface area contributed by atoms with Gasteiger partial charge in [-0.1, -0.05) is 11.2 Å². The number of amides is 1. The average Bonchev–Trinajstić information content (AvgIpc) is 3.18. The molecule has 2 aliphatic rings. The van der Waals surface area contributed by atoms with Crippen LogP contribution >= 0.6 is 0 Å². The molecule has 0 unspecified atom stereocenters. The number of carbonyl (C=O) groups is 1. The van der Waals surface area contributed by atoms with Gasteiger partial charge in [-0.05, 0) is 51.3 Å². The fourth-order valence-electron chi connectivity index (χ4n) is 3.96. The van der Waals surface area contributed by atoms with Crippen LogP contribution in [0.15, 0.2) is 28.9 Å². The number of likely N-dealkylation sites (tertiary alicyclic amines) is 1. The number of hydrogen-bond acceptors (Lipinski definition) is 6. The third-order valence-electron chi connectivity index (χ3n) is 5.46. The van der Waals surface area contributed by atoms with Crippen LogP contribution in [0.1, 0.15) is 44.4 Å². The number of hydrogen-bond donors (Lipinski definition) is 1. The average molecular weight is 355 g/mol. The summed E-state index contributed by atoms with van der Waals surface area (Å²) in [4.78, 5) is 23.6. The highest BCUT2D eigenvalue weighted by Gasteiger charge is 2.32. The van der Waals surface area contributed by atoms with Crippen molar-refractivity contribution >= 4 is 5.91 Å². The highest BCUT2D eigenvalue weighted by Crippen LogP contribution is 2.30. The molecule has 26 heavy (non-hydrogen) atoms. The van der Waals surface area contributed by atoms with Crippen molar-refractivity contribution in [1.29, 1.82) is 0 Å². The molecule has 4 rings (SSSR count). The molecule has 1 N–H and O–H groups in total. The van der Waals surface area contributed by atoms with Gasteiger partial charge in [0.25, 0.3) is 0 Å². The molecule has 138 valence electrons. The highest BCUT2D eigenvalue weighted by molar-refractivity contribution is 5.79. The standard InChI is InChI=1S/C19H25N5O2/c1-13-12-15(5-9-20-13)19(25)24-10-6-14(7-11-24)18-22-17(23-26-18)16-4-2-3-8-21-16/h2-4,8,13-15,20H,5-7,9-12H2,1H3/t13-,15-/m0/s1. The maximum atomic E-state index is 12.8. The smallest absolute Gasteiger partial charge is 0.230 e. The molecule has 2 atom stereocenters. The summed E-state index contributed by atoms with van der Waals surface area (Å²) in [5, 5.41) is 7.47. The predicted molar refractivity (Wildman–Crippen MR) is 96.3 cm³/mol. The largest absolute Gasteiger partial charge is 0.342 e. The minimum absolute atomic E-state index is 0.168. The van der Waals surface area contributed by atoms with E-state index in [1.807, 2.05) is 23.1 Å². The lowest BCUT2D eigenvalue weighted by molar-refractivity contribution is -0.137. The van der Waals surface area contributed by atoms with E-state index < -0.39 is 0 Å². The maximum absolute atomic E-state index is 12.8. The van der Waals surface area contributed by atoms with E-state index >= 15 is 0 Å². The van der Waals surface area contributed by atoms with Crippen molar-refractivity contribution in [1.82, 2.24) is 25.3 Å². The molecular weight excluding hydrogens is 330 g/mol. The topological polar surface area (TPSA) is 84.2 Å². The van der Waals surface area contributed by atoms with E-state index in [9.17, 15) is 4.79 Å². The summed E-state index contributed by atoms with van der Waals surface area (Å²) in [6.45, 7) is 4.62. The Hall–Kier alpha value is -2.28. The molecule has 2 fully saturated rings. The third kappa shape index (κ3) is 3.62. The Morgan fingerprint density at radius 3 is 2.85 bits per heavy atom. The Morgan fingerprint density at radius 1 is 1.27 bits per heavy atom. The van der Waals surface area contributed by atoms with Crippen molar-refractivity contribution in [2.45, 2.75) is 44.6 Å². The Bertz CT molecular complexity index is 739. The molecule has 0 radical (unpaired) electrons. The van der Waals surface area contributed by atoms with Crippen LogP contribution in [0.5, 0.6) is 0 Å². The van der Waals surface area contributed by atoms with Crippen LogP contribution in [0.4, 0.5) is 0 Å². The zero-order valence-corrected chi connectivity index (χ0v) is 15.1. The van der Waals surface area contributed by atoms with Crippen molar-refractivity contribution in [3.8, 4) is 11.5 Å². The van der Waals surface area contributed by atoms with Gasteiger partial charge in [-0.15, -0.1) is 0 Å². The second-order valence-corrected chi connectivity index (χ2v) is 7.35. The number of rotatable bonds is 3. The van der Waals surface area contributed by atoms with Crippen LogP contribution in [-0.4, -0.2) is 51.6 Å². The van der Waals surface area contributed by atoms with Gasteiger partial charge in [0.2, 0.25) is 17.6 Å². The molecule has 0 aliphatic carbocycles. The van der Waals surface area contributed by atoms with Gasteiger partial charge in [0.15, 0.2) is 0 Å². The fraction of sp³-hybridized carbons (Fsp3) is 0.579. The van der Waals surface area contributed by atoms with E-state index in [1.165, 1.54) is 0 Å². The van der Waals surface area contributed by atoms with Crippen LogP contribution < -0.4 is 5.32 Å². The normalized spacial score (nSPS) is 24.6. The van der Waals surface area contributed by atoms with Crippen molar-refractivity contribution < 1.29 is 9.32 Å². The van der Waals surface area contributed by atoms with E-state index in [0.717, 1.165) is 51.0 Å². The van der Waals surface area contributed by atoms with Crippen molar-refractivity contribution in [3.63, 3.8) is 0 Å². The van der Waals surface area contributed by atoms with Crippen LogP contribution in [-0.2, 0) is 4.79 Å². The minimum atomic E-state index is 0.168. The van der Waals surface area contributed by atoms with Gasteiger partial charge < -0.3 is 14.7 Å². The first kappa shape index (κ1) is 17.1. The molecule has 0 spiro atoms. The molecular formula is C19H25N5O2. The fourth-order valence-corrected chi connectivity index (χ4v) is 3.96. The summed E-state index contributed by atoms with van der Waals surface area (Å²) in [6.07, 6.45) is 5.35. The Morgan fingerprint density at radius 2 is 2.12 bits per heavy atom. The van der Waals surface area contributed by atoms with Crippen LogP contribution in [0, 0.1) is 5.92 Å². The second-order valence-electron chi connectivity index (χ2n) is 7.35. The van der Waals surface area contributed by atoms with Gasteiger partial charge in [0.1, 0.15) is 5.69 Å². The molecule has 4 heterocycles. The second kappa shape index (κ2) is 7.53. The van der Waals surface area contributed by atoms with Crippen LogP contribution in [0.2, 0.25) is 0 Å². The molecule has 2 aliphatic heterocycles. The van der Waals surface area contributed by atoms with Crippen molar-refractivity contribution in [2.75, 3.05) is 19.6 Å².